The molecule has 0 fully saturated rings. The van der Waals surface area contributed by atoms with Crippen molar-refractivity contribution in [3.63, 3.8) is 0 Å². The number of anilines is 1. The van der Waals surface area contributed by atoms with Crippen molar-refractivity contribution in [1.82, 2.24) is 0 Å². The van der Waals surface area contributed by atoms with Gasteiger partial charge < -0.3 is 14.7 Å². The summed E-state index contributed by atoms with van der Waals surface area (Å²) in [6, 6.07) is 29.5. The first-order chi connectivity index (χ1) is 16.4. The number of carbonyl (C=O) groups is 2. The molecule has 0 aromatic heterocycles. The average Bonchev–Trinajstić information content (AvgIpc) is 3.19. The minimum Gasteiger partial charge on any atom is -0.479 e. The number of hydrogen-bond donors (Lipinski definition) is 1. The maximum atomic E-state index is 13.3. The van der Waals surface area contributed by atoms with Crippen molar-refractivity contribution in [3.05, 3.63) is 102 Å². The number of ether oxygens (including phenoxy) is 1. The van der Waals surface area contributed by atoms with Crippen LogP contribution in [0.1, 0.15) is 24.0 Å². The summed E-state index contributed by atoms with van der Waals surface area (Å²) in [4.78, 5) is 27.2. The predicted molar refractivity (Wildman–Crippen MR) is 133 cm³/mol. The number of fused-ring (bicyclic) bond motifs is 4. The summed E-state index contributed by atoms with van der Waals surface area (Å²) in [6.07, 6.45) is 0. The molecule has 5 rings (SSSR count). The highest BCUT2D eigenvalue weighted by Crippen LogP contribution is 2.44. The maximum Gasteiger partial charge on any atom is 0.343 e. The molecule has 0 spiro atoms. The zero-order valence-electron chi connectivity index (χ0n) is 19.1. The van der Waals surface area contributed by atoms with Crippen LogP contribution in [0, 0.1) is 0 Å². The van der Waals surface area contributed by atoms with Crippen molar-refractivity contribution in [3.8, 4) is 11.1 Å². The summed E-state index contributed by atoms with van der Waals surface area (Å²) in [6.45, 7) is 1.46. The molecule has 1 aliphatic rings. The monoisotopic (exact) mass is 451 g/mol. The molecule has 1 atom stereocenters. The Balaban J connectivity index is 1.42. The van der Waals surface area contributed by atoms with Gasteiger partial charge in [-0.2, -0.15) is 0 Å². The van der Waals surface area contributed by atoms with E-state index in [1.807, 2.05) is 78.9 Å². The lowest BCUT2D eigenvalue weighted by molar-refractivity contribution is -0.160. The van der Waals surface area contributed by atoms with E-state index >= 15 is 0 Å². The number of nitrogens with zero attached hydrogens (tertiary/aromatic N) is 1. The Bertz CT molecular complexity index is 1370. The third-order valence-electron chi connectivity index (χ3n) is 6.95. The summed E-state index contributed by atoms with van der Waals surface area (Å²) < 4.78 is 5.73. The lowest BCUT2D eigenvalue weighted by Gasteiger charge is -2.35. The van der Waals surface area contributed by atoms with Gasteiger partial charge in [0.05, 0.1) is 0 Å². The van der Waals surface area contributed by atoms with Crippen LogP contribution in [-0.4, -0.2) is 36.2 Å². The van der Waals surface area contributed by atoms with E-state index in [0.29, 0.717) is 5.69 Å². The number of carbonyl (C=O) groups excluding carboxylic acids is 1. The number of hydrogen-bond acceptors (Lipinski definition) is 4. The Morgan fingerprint density at radius 3 is 2.03 bits per heavy atom. The summed E-state index contributed by atoms with van der Waals surface area (Å²) >= 11 is 0. The zero-order chi connectivity index (χ0) is 23.9. The molecule has 0 aliphatic heterocycles. The van der Waals surface area contributed by atoms with Gasteiger partial charge in [-0.05, 0) is 52.1 Å². The third-order valence-corrected chi connectivity index (χ3v) is 6.95. The van der Waals surface area contributed by atoms with Gasteiger partial charge in [-0.1, -0.05) is 78.9 Å². The number of carboxylic acid groups (broad SMARTS) is 1. The molecule has 0 amide bonds. The summed E-state index contributed by atoms with van der Waals surface area (Å²) in [7, 11) is 1.61. The van der Waals surface area contributed by atoms with Gasteiger partial charge in [-0.3, -0.25) is 0 Å². The van der Waals surface area contributed by atoms with Crippen LogP contribution >= 0.6 is 0 Å². The largest absolute Gasteiger partial charge is 0.479 e. The summed E-state index contributed by atoms with van der Waals surface area (Å²) in [5, 5.41) is 12.1. The van der Waals surface area contributed by atoms with E-state index in [0.717, 1.165) is 33.0 Å². The highest BCUT2D eigenvalue weighted by atomic mass is 16.5. The van der Waals surface area contributed by atoms with E-state index in [-0.39, 0.29) is 12.5 Å². The van der Waals surface area contributed by atoms with Gasteiger partial charge in [0.25, 0.3) is 0 Å². The Morgan fingerprint density at radius 2 is 1.41 bits per heavy atom. The van der Waals surface area contributed by atoms with E-state index < -0.39 is 17.5 Å². The van der Waals surface area contributed by atoms with Crippen molar-refractivity contribution < 1.29 is 19.4 Å². The number of benzene rings is 4. The molecule has 0 saturated carbocycles. The first-order valence-corrected chi connectivity index (χ1v) is 11.2. The SMILES string of the molecule is CN(c1ccc2ccccc2c1)[C@@](C)(C(=O)O)C(=O)OCC1c2ccccc2-c2ccccc21. The van der Waals surface area contributed by atoms with Gasteiger partial charge in [-0.15, -0.1) is 0 Å². The Hall–Kier alpha value is -4.12. The molecule has 4 aromatic rings. The van der Waals surface area contributed by atoms with Crippen LogP contribution < -0.4 is 4.90 Å². The lowest BCUT2D eigenvalue weighted by Crippen LogP contribution is -2.57. The fourth-order valence-electron chi connectivity index (χ4n) is 4.75. The van der Waals surface area contributed by atoms with Crippen molar-refractivity contribution in [2.45, 2.75) is 18.4 Å². The van der Waals surface area contributed by atoms with Crippen LogP contribution in [0.5, 0.6) is 0 Å². The van der Waals surface area contributed by atoms with E-state index in [9.17, 15) is 14.7 Å². The average molecular weight is 452 g/mol. The quantitative estimate of drug-likeness (QED) is 0.311. The molecule has 5 heteroatoms. The first-order valence-electron chi connectivity index (χ1n) is 11.2. The molecule has 170 valence electrons. The van der Waals surface area contributed by atoms with Gasteiger partial charge in [0.2, 0.25) is 5.54 Å². The number of carboxylic acids is 1. The number of rotatable bonds is 6. The minimum absolute atomic E-state index is 0.0707. The van der Waals surface area contributed by atoms with E-state index in [2.05, 4.69) is 12.1 Å². The van der Waals surface area contributed by atoms with Gasteiger partial charge in [0, 0.05) is 18.7 Å². The van der Waals surface area contributed by atoms with Crippen molar-refractivity contribution >= 4 is 28.4 Å². The van der Waals surface area contributed by atoms with Crippen LogP contribution in [-0.2, 0) is 14.3 Å². The zero-order valence-corrected chi connectivity index (χ0v) is 19.1. The van der Waals surface area contributed by atoms with Gasteiger partial charge in [-0.25, -0.2) is 9.59 Å². The third kappa shape index (κ3) is 3.41. The van der Waals surface area contributed by atoms with E-state index in [1.165, 1.54) is 11.8 Å². The minimum atomic E-state index is -1.89. The second-order valence-electron chi connectivity index (χ2n) is 8.79. The molecular formula is C29H25NO4. The van der Waals surface area contributed by atoms with Gasteiger partial charge >= 0.3 is 11.9 Å². The van der Waals surface area contributed by atoms with Crippen LogP contribution in [0.15, 0.2) is 91.0 Å². The number of likely N-dealkylation sites (N-methyl/N-ethyl adjacent to an activating group) is 1. The second kappa shape index (κ2) is 8.34. The fraction of sp³-hybridized carbons (Fsp3) is 0.172. The lowest BCUT2D eigenvalue weighted by atomic mass is 9.97. The number of esters is 1. The molecule has 1 N–H and O–H groups in total. The Morgan fingerprint density at radius 1 is 0.853 bits per heavy atom. The molecule has 0 radical (unpaired) electrons. The van der Waals surface area contributed by atoms with Crippen LogP contribution in [0.3, 0.4) is 0 Å². The maximum absolute atomic E-state index is 13.3. The standard InChI is InChI=1S/C29H25NO4/c1-29(27(31)32,30(2)21-16-15-19-9-3-4-10-20(19)17-21)28(33)34-18-26-24-13-7-5-11-22(24)23-12-6-8-14-25(23)26/h3-17,26H,18H2,1-2H3,(H,31,32)/t29-/m0/s1. The molecule has 34 heavy (non-hydrogen) atoms. The fourth-order valence-corrected chi connectivity index (χ4v) is 4.75. The second-order valence-corrected chi connectivity index (χ2v) is 8.79. The van der Waals surface area contributed by atoms with E-state index in [1.54, 1.807) is 7.05 Å². The first kappa shape index (κ1) is 21.7. The Kier molecular flexibility index (Phi) is 5.33. The van der Waals surface area contributed by atoms with Crippen LogP contribution in [0.2, 0.25) is 0 Å². The predicted octanol–water partition coefficient (Wildman–Crippen LogP) is 5.48. The topological polar surface area (TPSA) is 66.8 Å². The number of aliphatic carboxylic acids is 1. The summed E-state index contributed by atoms with van der Waals surface area (Å²) in [5.74, 6) is -2.20. The highest BCUT2D eigenvalue weighted by molar-refractivity contribution is 6.07. The van der Waals surface area contributed by atoms with Gasteiger partial charge in [0.1, 0.15) is 6.61 Å². The molecule has 0 saturated heterocycles. The molecule has 0 heterocycles. The summed E-state index contributed by atoms with van der Waals surface area (Å²) in [5.41, 5.74) is 3.13. The van der Waals surface area contributed by atoms with E-state index in [4.69, 9.17) is 4.74 Å². The molecule has 5 nitrogen and oxygen atoms in total. The molecule has 0 bridgehead atoms. The molecule has 4 aromatic carbocycles. The van der Waals surface area contributed by atoms with Crippen molar-refractivity contribution in [2.24, 2.45) is 0 Å². The molecule has 1 aliphatic carbocycles. The van der Waals surface area contributed by atoms with Crippen molar-refractivity contribution in [2.75, 3.05) is 18.6 Å². The normalized spacial score (nSPS) is 14.2. The van der Waals surface area contributed by atoms with Crippen LogP contribution in [0.25, 0.3) is 21.9 Å². The molecule has 0 unspecified atom stereocenters. The van der Waals surface area contributed by atoms with Crippen molar-refractivity contribution in [1.29, 1.82) is 0 Å². The highest BCUT2D eigenvalue weighted by Gasteiger charge is 2.48. The Labute approximate surface area is 198 Å². The molecular weight excluding hydrogens is 426 g/mol. The van der Waals surface area contributed by atoms with Crippen LogP contribution in [0.4, 0.5) is 5.69 Å². The smallest absolute Gasteiger partial charge is 0.343 e. The van der Waals surface area contributed by atoms with Gasteiger partial charge in [0.15, 0.2) is 0 Å².